The number of aliphatic hydroxyl groups is 1. The summed E-state index contributed by atoms with van der Waals surface area (Å²) in [6.07, 6.45) is 5.03. The van der Waals surface area contributed by atoms with Crippen LogP contribution in [0, 0.1) is 13.8 Å². The molecule has 5 rings (SSSR count). The molecule has 1 aromatic carbocycles. The monoisotopic (exact) mass is 545 g/mol. The van der Waals surface area contributed by atoms with E-state index in [2.05, 4.69) is 67.2 Å². The van der Waals surface area contributed by atoms with Crippen molar-refractivity contribution in [2.45, 2.75) is 58.6 Å². The Morgan fingerprint density at radius 3 is 2.55 bits per heavy atom. The van der Waals surface area contributed by atoms with Gasteiger partial charge in [-0.05, 0) is 94.1 Å². The van der Waals surface area contributed by atoms with E-state index in [1.54, 1.807) is 11.2 Å². The largest absolute Gasteiger partial charge is 0.377 e. The fourth-order valence-corrected chi connectivity index (χ4v) is 6.05. The van der Waals surface area contributed by atoms with Gasteiger partial charge in [0.2, 0.25) is 5.91 Å². The number of carbonyl (C=O) groups excluding carboxylic acids is 1. The molecule has 9 heteroatoms. The van der Waals surface area contributed by atoms with Crippen LogP contribution in [0.15, 0.2) is 30.7 Å². The first-order valence-corrected chi connectivity index (χ1v) is 14.3. The molecular formula is C31H43N7O2. The molecule has 0 radical (unpaired) electrons. The van der Waals surface area contributed by atoms with Crippen LogP contribution < -0.4 is 0 Å². The van der Waals surface area contributed by atoms with Crippen molar-refractivity contribution in [3.05, 3.63) is 53.0 Å². The highest BCUT2D eigenvalue weighted by Crippen LogP contribution is 2.40. The van der Waals surface area contributed by atoms with Gasteiger partial charge in [0, 0.05) is 42.3 Å². The highest BCUT2D eigenvalue weighted by molar-refractivity contribution is 5.92. The number of nitrogens with zero attached hydrogens (tertiary/aromatic N) is 6. The second-order valence-electron chi connectivity index (χ2n) is 12.0. The van der Waals surface area contributed by atoms with Gasteiger partial charge in [-0.2, -0.15) is 5.10 Å². The Balaban J connectivity index is 1.35. The smallest absolute Gasteiger partial charge is 0.236 e. The number of benzene rings is 1. The zero-order valence-electron chi connectivity index (χ0n) is 24.9. The number of H-pyrrole nitrogens is 1. The lowest BCUT2D eigenvalue weighted by Gasteiger charge is -2.34. The first-order valence-electron chi connectivity index (χ1n) is 14.3. The molecule has 1 aliphatic heterocycles. The third-order valence-electron chi connectivity index (χ3n) is 8.63. The van der Waals surface area contributed by atoms with E-state index in [0.29, 0.717) is 24.9 Å². The maximum absolute atomic E-state index is 12.9. The minimum absolute atomic E-state index is 0.134. The zero-order valence-corrected chi connectivity index (χ0v) is 24.9. The van der Waals surface area contributed by atoms with Crippen LogP contribution in [0.4, 0.5) is 0 Å². The number of rotatable bonds is 8. The molecule has 9 nitrogen and oxygen atoms in total. The number of carbonyl (C=O) groups is 1. The van der Waals surface area contributed by atoms with Crippen LogP contribution in [0.2, 0.25) is 0 Å². The molecule has 1 saturated heterocycles. The standard InChI is InChI=1S/C31H43N7O2/c1-19(2)29-24-14-23(22-10-12-37(13-11-22)28(40)17-36(7)16-27(39)35(5)6)8-9-26(24)34-30(29)25-15-38-31(32-18-33-38)21(4)20(25)3/h8-9,14-15,18-19,22,27,34,39H,10-13,16-17H2,1-7H3. The molecule has 214 valence electrons. The van der Waals surface area contributed by atoms with Gasteiger partial charge in [0.05, 0.1) is 12.2 Å². The van der Waals surface area contributed by atoms with Crippen molar-refractivity contribution in [2.75, 3.05) is 47.3 Å². The second-order valence-corrected chi connectivity index (χ2v) is 12.0. The molecule has 0 bridgehead atoms. The number of nitrogens with one attached hydrogen (secondary N) is 1. The van der Waals surface area contributed by atoms with Gasteiger partial charge in [-0.3, -0.25) is 14.6 Å². The van der Waals surface area contributed by atoms with Crippen molar-refractivity contribution < 1.29 is 9.90 Å². The molecule has 0 aliphatic carbocycles. The molecule has 40 heavy (non-hydrogen) atoms. The summed E-state index contributed by atoms with van der Waals surface area (Å²) >= 11 is 0. The summed E-state index contributed by atoms with van der Waals surface area (Å²) in [7, 11) is 5.55. The van der Waals surface area contributed by atoms with Crippen molar-refractivity contribution >= 4 is 22.5 Å². The number of fused-ring (bicyclic) bond motifs is 2. The third kappa shape index (κ3) is 5.38. The number of amides is 1. The van der Waals surface area contributed by atoms with Gasteiger partial charge < -0.3 is 15.0 Å². The Hall–Kier alpha value is -3.27. The van der Waals surface area contributed by atoms with Crippen LogP contribution >= 0.6 is 0 Å². The lowest BCUT2D eigenvalue weighted by atomic mass is 9.87. The third-order valence-corrected chi connectivity index (χ3v) is 8.63. The summed E-state index contributed by atoms with van der Waals surface area (Å²) in [5.41, 5.74) is 9.39. The summed E-state index contributed by atoms with van der Waals surface area (Å²) in [5, 5.41) is 15.8. The zero-order chi connectivity index (χ0) is 28.7. The van der Waals surface area contributed by atoms with Gasteiger partial charge in [0.15, 0.2) is 5.65 Å². The second kappa shape index (κ2) is 11.3. The Bertz CT molecular complexity index is 1510. The van der Waals surface area contributed by atoms with Crippen LogP contribution in [-0.2, 0) is 4.79 Å². The van der Waals surface area contributed by atoms with Gasteiger partial charge >= 0.3 is 0 Å². The molecule has 2 N–H and O–H groups in total. The van der Waals surface area contributed by atoms with E-state index in [4.69, 9.17) is 0 Å². The van der Waals surface area contributed by atoms with Gasteiger partial charge in [0.25, 0.3) is 0 Å². The van der Waals surface area contributed by atoms with Crippen molar-refractivity contribution in [1.29, 1.82) is 0 Å². The SMILES string of the molecule is Cc1c(-c2[nH]c3ccc(C4CCN(C(=O)CN(C)CC(O)N(C)C)CC4)cc3c2C(C)C)cn2ncnc2c1C. The number of hydrogen-bond acceptors (Lipinski definition) is 6. The molecule has 3 aromatic heterocycles. The number of likely N-dealkylation sites (tertiary alicyclic amines) is 1. The van der Waals surface area contributed by atoms with Gasteiger partial charge in [-0.15, -0.1) is 0 Å². The molecule has 1 unspecified atom stereocenters. The molecule has 1 atom stereocenters. The molecule has 0 saturated carbocycles. The fraction of sp³-hybridized carbons (Fsp3) is 0.516. The molecule has 4 aromatic rings. The quantitative estimate of drug-likeness (QED) is 0.324. The van der Waals surface area contributed by atoms with Crippen molar-refractivity contribution in [3.8, 4) is 11.3 Å². The number of piperidine rings is 1. The summed E-state index contributed by atoms with van der Waals surface area (Å²) in [4.78, 5) is 26.7. The maximum Gasteiger partial charge on any atom is 0.236 e. The average Bonchev–Trinajstić information content (AvgIpc) is 3.55. The van der Waals surface area contributed by atoms with Crippen molar-refractivity contribution in [3.63, 3.8) is 0 Å². The van der Waals surface area contributed by atoms with Gasteiger partial charge in [-0.1, -0.05) is 19.9 Å². The lowest BCUT2D eigenvalue weighted by molar-refractivity contribution is -0.133. The molecule has 1 amide bonds. The lowest BCUT2D eigenvalue weighted by Crippen LogP contribution is -2.46. The van der Waals surface area contributed by atoms with E-state index in [1.807, 2.05) is 35.5 Å². The van der Waals surface area contributed by atoms with Crippen LogP contribution in [0.3, 0.4) is 0 Å². The van der Waals surface area contributed by atoms with E-state index in [9.17, 15) is 9.90 Å². The summed E-state index contributed by atoms with van der Waals surface area (Å²) in [6.45, 7) is 11.1. The Labute approximate surface area is 236 Å². The first kappa shape index (κ1) is 28.3. The number of likely N-dealkylation sites (N-methyl/N-ethyl adjacent to an activating group) is 2. The summed E-state index contributed by atoms with van der Waals surface area (Å²) in [5.74, 6) is 0.901. The molecule has 1 aliphatic rings. The highest BCUT2D eigenvalue weighted by Gasteiger charge is 2.26. The average molecular weight is 546 g/mol. The van der Waals surface area contributed by atoms with Gasteiger partial charge in [-0.25, -0.2) is 9.50 Å². The van der Waals surface area contributed by atoms with Gasteiger partial charge in [0.1, 0.15) is 12.6 Å². The number of pyridine rings is 1. The molecule has 1 fully saturated rings. The van der Waals surface area contributed by atoms with E-state index in [-0.39, 0.29) is 5.91 Å². The number of hydrogen-bond donors (Lipinski definition) is 2. The summed E-state index contributed by atoms with van der Waals surface area (Å²) in [6, 6.07) is 6.85. The molecular weight excluding hydrogens is 502 g/mol. The van der Waals surface area contributed by atoms with E-state index in [1.165, 1.54) is 22.1 Å². The fourth-order valence-electron chi connectivity index (χ4n) is 6.05. The predicted octanol–water partition coefficient (Wildman–Crippen LogP) is 4.14. The minimum Gasteiger partial charge on any atom is -0.377 e. The minimum atomic E-state index is -0.582. The normalized spacial score (nSPS) is 15.8. The first-order chi connectivity index (χ1) is 19.0. The Morgan fingerprint density at radius 1 is 1.15 bits per heavy atom. The molecule has 0 spiro atoms. The topological polar surface area (TPSA) is 93.0 Å². The van der Waals surface area contributed by atoms with Crippen molar-refractivity contribution in [2.24, 2.45) is 0 Å². The van der Waals surface area contributed by atoms with Crippen LogP contribution in [0.5, 0.6) is 0 Å². The highest BCUT2D eigenvalue weighted by atomic mass is 16.3. The Morgan fingerprint density at radius 2 is 1.88 bits per heavy atom. The number of aryl methyl sites for hydroxylation is 1. The maximum atomic E-state index is 12.9. The van der Waals surface area contributed by atoms with Crippen LogP contribution in [0.1, 0.15) is 60.8 Å². The van der Waals surface area contributed by atoms with E-state index < -0.39 is 6.23 Å². The molecule has 4 heterocycles. The predicted molar refractivity (Wildman–Crippen MR) is 160 cm³/mol. The summed E-state index contributed by atoms with van der Waals surface area (Å²) < 4.78 is 1.87. The van der Waals surface area contributed by atoms with Crippen LogP contribution in [0.25, 0.3) is 27.8 Å². The number of aromatic amines is 1. The van der Waals surface area contributed by atoms with E-state index in [0.717, 1.165) is 53.9 Å². The van der Waals surface area contributed by atoms with Crippen molar-refractivity contribution in [1.82, 2.24) is 34.3 Å². The number of aromatic nitrogens is 4. The van der Waals surface area contributed by atoms with Crippen LogP contribution in [-0.4, -0.2) is 98.8 Å². The Kier molecular flexibility index (Phi) is 7.99. The van der Waals surface area contributed by atoms with E-state index >= 15 is 0 Å². The number of aliphatic hydroxyl groups excluding tert-OH is 1.